The van der Waals surface area contributed by atoms with E-state index in [1.807, 2.05) is 12.1 Å². The van der Waals surface area contributed by atoms with Crippen LogP contribution in [0.25, 0.3) is 0 Å². The Bertz CT molecular complexity index is 879. The Labute approximate surface area is 157 Å². The van der Waals surface area contributed by atoms with E-state index in [0.717, 1.165) is 9.37 Å². The van der Waals surface area contributed by atoms with Gasteiger partial charge in [0.05, 0.1) is 5.69 Å². The van der Waals surface area contributed by atoms with Crippen LogP contribution < -0.4 is 10.2 Å². The SMILES string of the molecule is Cc1cc(Cl)ccc1N1C(=O)C(Cl)=C(Nc2ccc(Br)cc2)C1=O. The van der Waals surface area contributed by atoms with E-state index in [-0.39, 0.29) is 10.7 Å². The molecule has 1 heterocycles. The Morgan fingerprint density at radius 2 is 1.67 bits per heavy atom. The van der Waals surface area contributed by atoms with Gasteiger partial charge in [0.25, 0.3) is 11.8 Å². The highest BCUT2D eigenvalue weighted by molar-refractivity contribution is 9.10. The minimum Gasteiger partial charge on any atom is -0.350 e. The minimum absolute atomic E-state index is 0.0540. The van der Waals surface area contributed by atoms with Gasteiger partial charge in [0.2, 0.25) is 0 Å². The van der Waals surface area contributed by atoms with Gasteiger partial charge in [0.1, 0.15) is 10.7 Å². The van der Waals surface area contributed by atoms with Gasteiger partial charge in [0.15, 0.2) is 0 Å². The molecule has 0 spiro atoms. The second-order valence-corrected chi connectivity index (χ2v) is 6.93. The summed E-state index contributed by atoms with van der Waals surface area (Å²) in [5, 5.41) is 3.31. The molecular formula is C17H11BrCl2N2O2. The van der Waals surface area contributed by atoms with E-state index >= 15 is 0 Å². The number of benzene rings is 2. The zero-order chi connectivity index (χ0) is 17.4. The summed E-state index contributed by atoms with van der Waals surface area (Å²) in [5.41, 5.74) is 1.87. The van der Waals surface area contributed by atoms with Gasteiger partial charge in [-0.05, 0) is 55.0 Å². The monoisotopic (exact) mass is 424 g/mol. The van der Waals surface area contributed by atoms with E-state index in [0.29, 0.717) is 22.0 Å². The number of nitrogens with zero attached hydrogens (tertiary/aromatic N) is 1. The molecule has 0 unspecified atom stereocenters. The van der Waals surface area contributed by atoms with Crippen molar-refractivity contribution in [2.75, 3.05) is 10.2 Å². The summed E-state index contributed by atoms with van der Waals surface area (Å²) >= 11 is 15.4. The van der Waals surface area contributed by atoms with Crippen LogP contribution in [0.4, 0.5) is 11.4 Å². The topological polar surface area (TPSA) is 49.4 Å². The van der Waals surface area contributed by atoms with Crippen LogP contribution in [0.15, 0.2) is 57.7 Å². The summed E-state index contributed by atoms with van der Waals surface area (Å²) in [5.74, 6) is -1.06. The fraction of sp³-hybridized carbons (Fsp3) is 0.0588. The molecule has 0 saturated carbocycles. The van der Waals surface area contributed by atoms with Crippen LogP contribution >= 0.6 is 39.1 Å². The molecule has 3 rings (SSSR count). The maximum absolute atomic E-state index is 12.7. The summed E-state index contributed by atoms with van der Waals surface area (Å²) in [6, 6.07) is 12.1. The number of nitrogens with one attached hydrogen (secondary N) is 1. The van der Waals surface area contributed by atoms with Crippen molar-refractivity contribution in [3.05, 3.63) is 68.3 Å². The second kappa shape index (κ2) is 6.59. The fourth-order valence-corrected chi connectivity index (χ4v) is 3.08. The van der Waals surface area contributed by atoms with Crippen molar-refractivity contribution >= 4 is 62.3 Å². The second-order valence-electron chi connectivity index (χ2n) is 5.20. The number of hydrogen-bond donors (Lipinski definition) is 1. The number of anilines is 2. The Morgan fingerprint density at radius 1 is 1.00 bits per heavy atom. The van der Waals surface area contributed by atoms with E-state index in [4.69, 9.17) is 23.2 Å². The van der Waals surface area contributed by atoms with Gasteiger partial charge in [-0.25, -0.2) is 4.90 Å². The molecule has 0 atom stereocenters. The molecule has 24 heavy (non-hydrogen) atoms. The largest absolute Gasteiger partial charge is 0.350 e. The highest BCUT2D eigenvalue weighted by Gasteiger charge is 2.39. The summed E-state index contributed by atoms with van der Waals surface area (Å²) in [6.45, 7) is 1.77. The Hall–Kier alpha value is -1.82. The molecule has 0 fully saturated rings. The maximum Gasteiger partial charge on any atom is 0.283 e. The van der Waals surface area contributed by atoms with Crippen molar-refractivity contribution in [1.29, 1.82) is 0 Å². The van der Waals surface area contributed by atoms with Gasteiger partial charge in [-0.2, -0.15) is 0 Å². The quantitative estimate of drug-likeness (QED) is 0.715. The van der Waals surface area contributed by atoms with E-state index in [1.54, 1.807) is 37.3 Å². The number of aryl methyl sites for hydroxylation is 1. The molecule has 0 radical (unpaired) electrons. The molecule has 1 N–H and O–H groups in total. The molecule has 7 heteroatoms. The number of amides is 2. The average molecular weight is 426 g/mol. The van der Waals surface area contributed by atoms with Crippen LogP contribution in [-0.2, 0) is 9.59 Å². The average Bonchev–Trinajstić information content (AvgIpc) is 2.74. The molecule has 4 nitrogen and oxygen atoms in total. The molecule has 0 aromatic heterocycles. The van der Waals surface area contributed by atoms with Crippen LogP contribution in [0, 0.1) is 6.92 Å². The summed E-state index contributed by atoms with van der Waals surface area (Å²) in [6.07, 6.45) is 0. The van der Waals surface area contributed by atoms with Crippen molar-refractivity contribution in [3.8, 4) is 0 Å². The molecule has 122 valence electrons. The number of carbonyl (C=O) groups is 2. The molecule has 2 aromatic carbocycles. The van der Waals surface area contributed by atoms with E-state index < -0.39 is 11.8 Å². The first-order valence-corrected chi connectivity index (χ1v) is 8.50. The van der Waals surface area contributed by atoms with Gasteiger partial charge in [0, 0.05) is 15.2 Å². The van der Waals surface area contributed by atoms with E-state index in [1.165, 1.54) is 0 Å². The zero-order valence-electron chi connectivity index (χ0n) is 12.4. The maximum atomic E-state index is 12.7. The lowest BCUT2D eigenvalue weighted by Gasteiger charge is -2.17. The fourth-order valence-electron chi connectivity index (χ4n) is 2.38. The Kier molecular flexibility index (Phi) is 4.67. The normalized spacial score (nSPS) is 14.6. The molecular weight excluding hydrogens is 415 g/mol. The predicted octanol–water partition coefficient (Wildman–Crippen LogP) is 4.85. The van der Waals surface area contributed by atoms with Crippen molar-refractivity contribution in [3.63, 3.8) is 0 Å². The number of rotatable bonds is 3. The Morgan fingerprint density at radius 3 is 2.29 bits per heavy atom. The van der Waals surface area contributed by atoms with Crippen LogP contribution in [0.1, 0.15) is 5.56 Å². The number of imide groups is 1. The first kappa shape index (κ1) is 17.0. The van der Waals surface area contributed by atoms with Gasteiger partial charge < -0.3 is 5.32 Å². The highest BCUT2D eigenvalue weighted by atomic mass is 79.9. The molecule has 0 saturated heterocycles. The first-order valence-electron chi connectivity index (χ1n) is 6.96. The lowest BCUT2D eigenvalue weighted by Crippen LogP contribution is -2.32. The predicted molar refractivity (Wildman–Crippen MR) is 99.3 cm³/mol. The standard InChI is InChI=1S/C17H11BrCl2N2O2/c1-9-8-11(19)4-7-13(9)22-16(23)14(20)15(17(22)24)21-12-5-2-10(18)3-6-12/h2-8,21H,1H3. The minimum atomic E-state index is -0.563. The Balaban J connectivity index is 1.94. The lowest BCUT2D eigenvalue weighted by atomic mass is 10.2. The first-order chi connectivity index (χ1) is 11.4. The molecule has 0 bridgehead atoms. The molecule has 2 aromatic rings. The molecule has 1 aliphatic heterocycles. The van der Waals surface area contributed by atoms with E-state index in [2.05, 4.69) is 21.2 Å². The van der Waals surface area contributed by atoms with Gasteiger partial charge >= 0.3 is 0 Å². The highest BCUT2D eigenvalue weighted by Crippen LogP contribution is 2.33. The zero-order valence-corrected chi connectivity index (χ0v) is 15.5. The number of halogens is 3. The van der Waals surface area contributed by atoms with Crippen LogP contribution in [0.2, 0.25) is 5.02 Å². The lowest BCUT2D eigenvalue weighted by molar-refractivity contribution is -0.120. The van der Waals surface area contributed by atoms with Crippen LogP contribution in [0.5, 0.6) is 0 Å². The molecule has 2 amide bonds. The molecule has 0 aliphatic carbocycles. The summed E-state index contributed by atoms with van der Waals surface area (Å²) < 4.78 is 0.903. The van der Waals surface area contributed by atoms with E-state index in [9.17, 15) is 9.59 Å². The third-order valence-electron chi connectivity index (χ3n) is 3.54. The summed E-state index contributed by atoms with van der Waals surface area (Å²) in [4.78, 5) is 26.2. The smallest absolute Gasteiger partial charge is 0.283 e. The molecule has 1 aliphatic rings. The van der Waals surface area contributed by atoms with Crippen molar-refractivity contribution < 1.29 is 9.59 Å². The van der Waals surface area contributed by atoms with Gasteiger partial charge in [-0.15, -0.1) is 0 Å². The van der Waals surface area contributed by atoms with Crippen molar-refractivity contribution in [1.82, 2.24) is 0 Å². The summed E-state index contributed by atoms with van der Waals surface area (Å²) in [7, 11) is 0. The third kappa shape index (κ3) is 3.07. The van der Waals surface area contributed by atoms with Crippen LogP contribution in [-0.4, -0.2) is 11.8 Å². The third-order valence-corrected chi connectivity index (χ3v) is 4.66. The van der Waals surface area contributed by atoms with Crippen LogP contribution in [0.3, 0.4) is 0 Å². The van der Waals surface area contributed by atoms with Gasteiger partial charge in [-0.1, -0.05) is 39.1 Å². The van der Waals surface area contributed by atoms with Gasteiger partial charge in [-0.3, -0.25) is 9.59 Å². The number of hydrogen-bond acceptors (Lipinski definition) is 3. The van der Waals surface area contributed by atoms with Crippen molar-refractivity contribution in [2.45, 2.75) is 6.92 Å². The number of carbonyl (C=O) groups excluding carboxylic acids is 2. The van der Waals surface area contributed by atoms with Crippen molar-refractivity contribution in [2.24, 2.45) is 0 Å².